The number of nitrogens with two attached hydrogens (primary N) is 1. The van der Waals surface area contributed by atoms with Crippen LogP contribution in [0.5, 0.6) is 0 Å². The number of rotatable bonds is 1. The van der Waals surface area contributed by atoms with Crippen LogP contribution in [0.15, 0.2) is 4.99 Å². The van der Waals surface area contributed by atoms with Gasteiger partial charge in [-0.15, -0.1) is 0 Å². The number of hydrogen-bond donors (Lipinski definition) is 2. The van der Waals surface area contributed by atoms with Gasteiger partial charge >= 0.3 is 6.34 Å². The van der Waals surface area contributed by atoms with Crippen LogP contribution < -0.4 is 5.73 Å². The number of hydrogen-bond acceptors (Lipinski definition) is 5. The summed E-state index contributed by atoms with van der Waals surface area (Å²) in [6.45, 7) is 3.75. The molecule has 0 unspecified atom stereocenters. The first kappa shape index (κ1) is 11.8. The van der Waals surface area contributed by atoms with Gasteiger partial charge in [-0.25, -0.2) is 0 Å². The highest BCUT2D eigenvalue weighted by molar-refractivity contribution is 5.61. The van der Waals surface area contributed by atoms with Gasteiger partial charge < -0.3 is 15.3 Å². The third-order valence-electron chi connectivity index (χ3n) is 1.27. The van der Waals surface area contributed by atoms with Gasteiger partial charge in [0.2, 0.25) is 0 Å². The van der Waals surface area contributed by atoms with E-state index in [-0.39, 0.29) is 0 Å². The molecule has 0 aromatic carbocycles. The number of nitrogens with one attached hydrogen (secondary N) is 1. The summed E-state index contributed by atoms with van der Waals surface area (Å²) >= 11 is 0. The van der Waals surface area contributed by atoms with Crippen LogP contribution in [-0.4, -0.2) is 21.6 Å². The van der Waals surface area contributed by atoms with Crippen molar-refractivity contribution in [3.05, 3.63) is 26.7 Å². The Balaban J connectivity index is 0.000000364. The first-order valence-electron chi connectivity index (χ1n) is 3.48. The van der Waals surface area contributed by atoms with E-state index in [1.54, 1.807) is 0 Å². The minimum absolute atomic E-state index is 0.780. The molecule has 1 aromatic rings. The molecule has 1 heterocycles. The van der Waals surface area contributed by atoms with Crippen LogP contribution in [0.1, 0.15) is 11.4 Å². The van der Waals surface area contributed by atoms with Crippen molar-refractivity contribution in [3.8, 4) is 0 Å². The molecule has 3 N–H and O–H groups in total. The predicted molar refractivity (Wildman–Crippen MR) is 49.7 cm³/mol. The Labute approximate surface area is 79.6 Å². The molecule has 0 saturated heterocycles. The highest BCUT2D eigenvalue weighted by Crippen LogP contribution is 2.18. The van der Waals surface area contributed by atoms with E-state index >= 15 is 0 Å². The Hall–Kier alpha value is -2.21. The molecule has 0 amide bonds. The molecule has 0 aliphatic rings. The highest BCUT2D eigenvalue weighted by Gasteiger charge is 2.12. The average Bonchev–Trinajstić information content (AvgIpc) is 2.35. The Bertz CT molecular complexity index is 309. The average molecular weight is 199 g/mol. The lowest BCUT2D eigenvalue weighted by Crippen LogP contribution is -1.87. The zero-order valence-electron chi connectivity index (χ0n) is 7.64. The third-order valence-corrected chi connectivity index (χ3v) is 1.27. The van der Waals surface area contributed by atoms with Crippen molar-refractivity contribution in [1.82, 2.24) is 10.2 Å². The number of aliphatic imine (C=N–C) groups is 1. The van der Waals surface area contributed by atoms with E-state index in [9.17, 15) is 0 Å². The lowest BCUT2D eigenvalue weighted by Gasteiger charge is -1.74. The van der Waals surface area contributed by atoms with Crippen molar-refractivity contribution >= 4 is 12.0 Å². The number of aryl methyl sites for hydroxylation is 2. The van der Waals surface area contributed by atoms with Crippen LogP contribution in [0, 0.1) is 29.2 Å². The first-order valence-corrected chi connectivity index (χ1v) is 3.48. The first-order chi connectivity index (χ1) is 6.49. The Kier molecular flexibility index (Phi) is 4.58. The van der Waals surface area contributed by atoms with E-state index in [1.807, 2.05) is 13.8 Å². The van der Waals surface area contributed by atoms with E-state index in [0.717, 1.165) is 17.1 Å². The smallest absolute Gasteiger partial charge is 0.314 e. The summed E-state index contributed by atoms with van der Waals surface area (Å²) in [5.41, 5.74) is 7.53. The van der Waals surface area contributed by atoms with Gasteiger partial charge in [0.05, 0.1) is 5.09 Å². The number of aromatic amines is 1. The van der Waals surface area contributed by atoms with E-state index < -0.39 is 5.09 Å². The lowest BCUT2D eigenvalue weighted by molar-refractivity contribution is -0.402. The molecule has 0 saturated carbocycles. The van der Waals surface area contributed by atoms with Gasteiger partial charge in [0.1, 0.15) is 5.69 Å². The molecule has 1 rings (SSSR count). The molecule has 0 aliphatic carbocycles. The minimum Gasteiger partial charge on any atom is -0.356 e. The molecule has 0 aliphatic heterocycles. The van der Waals surface area contributed by atoms with Crippen LogP contribution >= 0.6 is 0 Å². The van der Waals surface area contributed by atoms with Crippen molar-refractivity contribution in [2.45, 2.75) is 13.8 Å². The molecule has 0 atom stereocenters. The van der Waals surface area contributed by atoms with E-state index in [1.165, 1.54) is 0 Å². The van der Waals surface area contributed by atoms with Crippen molar-refractivity contribution in [1.29, 1.82) is 0 Å². The minimum atomic E-state index is -1.75. The molecule has 14 heavy (non-hydrogen) atoms. The highest BCUT2D eigenvalue weighted by atomic mass is 16.9. The largest absolute Gasteiger partial charge is 0.356 e. The topological polar surface area (TPSA) is 133 Å². The van der Waals surface area contributed by atoms with E-state index in [4.69, 9.17) is 21.1 Å². The summed E-state index contributed by atoms with van der Waals surface area (Å²) in [6, 6.07) is 0. The van der Waals surface area contributed by atoms with Gasteiger partial charge in [0.25, 0.3) is 5.69 Å². The van der Waals surface area contributed by atoms with Gasteiger partial charge in [-0.05, 0) is 6.92 Å². The fourth-order valence-corrected chi connectivity index (χ4v) is 0.774. The second kappa shape index (κ2) is 5.44. The normalized spacial score (nSPS) is 9.00. The lowest BCUT2D eigenvalue weighted by atomic mass is 10.3. The summed E-state index contributed by atoms with van der Waals surface area (Å²) in [5, 5.41) is 21.5. The van der Waals surface area contributed by atoms with Crippen LogP contribution in [0.25, 0.3) is 0 Å². The molecule has 8 nitrogen and oxygen atoms in total. The van der Waals surface area contributed by atoms with Gasteiger partial charge in [-0.1, -0.05) is 0 Å². The summed E-state index contributed by atoms with van der Waals surface area (Å²) < 4.78 is 0. The molecular formula is C6H9N5O3. The number of aromatic nitrogens is 2. The van der Waals surface area contributed by atoms with Crippen LogP contribution in [0.4, 0.5) is 5.69 Å². The molecule has 1 aromatic heterocycles. The summed E-state index contributed by atoms with van der Waals surface area (Å²) in [5.74, 6) is 0. The monoisotopic (exact) mass is 199 g/mol. The molecule has 8 heteroatoms. The zero-order valence-corrected chi connectivity index (χ0v) is 7.64. The van der Waals surface area contributed by atoms with Gasteiger partial charge in [-0.3, -0.25) is 10.8 Å². The van der Waals surface area contributed by atoms with E-state index in [0.29, 0.717) is 0 Å². The van der Waals surface area contributed by atoms with Crippen LogP contribution in [0.3, 0.4) is 0 Å². The van der Waals surface area contributed by atoms with Gasteiger partial charge in [0.15, 0.2) is 5.69 Å². The SMILES string of the molecule is Cc1n[nH]c(C)c1/N=[C+]/N.O=[N+]([O-])[O-]. The van der Waals surface area contributed by atoms with Gasteiger partial charge in [-0.2, -0.15) is 5.10 Å². The van der Waals surface area contributed by atoms with Crippen LogP contribution in [-0.2, 0) is 0 Å². The molecule has 0 bridgehead atoms. The zero-order chi connectivity index (χ0) is 11.1. The standard InChI is InChI=1S/C6H9N4.NO3/c1-4-6(8-3-7)5(2)10-9-4;2-1(3)4/h1-2H3,(H2,7,8)(H,9,10);/q+1;-1. The van der Waals surface area contributed by atoms with Crippen LogP contribution in [0.2, 0.25) is 0 Å². The van der Waals surface area contributed by atoms with Gasteiger partial charge in [0, 0.05) is 11.9 Å². The maximum atomic E-state index is 8.25. The summed E-state index contributed by atoms with van der Waals surface area (Å²) in [6.07, 6.45) is 2.22. The molecule has 0 spiro atoms. The Morgan fingerprint density at radius 3 is 2.36 bits per heavy atom. The Morgan fingerprint density at radius 1 is 1.57 bits per heavy atom. The fraction of sp³-hybridized carbons (Fsp3) is 0.333. The summed E-state index contributed by atoms with van der Waals surface area (Å²) in [4.78, 5) is 12.0. The molecule has 76 valence electrons. The number of H-pyrrole nitrogens is 1. The molecule has 0 fully saturated rings. The second-order valence-corrected chi connectivity index (χ2v) is 2.25. The Morgan fingerprint density at radius 2 is 2.07 bits per heavy atom. The van der Waals surface area contributed by atoms with Crippen molar-refractivity contribution in [2.75, 3.05) is 0 Å². The van der Waals surface area contributed by atoms with Crippen molar-refractivity contribution < 1.29 is 5.09 Å². The van der Waals surface area contributed by atoms with Crippen molar-refractivity contribution in [2.24, 2.45) is 10.7 Å². The molecular weight excluding hydrogens is 190 g/mol. The molecule has 0 radical (unpaired) electrons. The number of nitrogens with zero attached hydrogens (tertiary/aromatic N) is 3. The third kappa shape index (κ3) is 3.98. The second-order valence-electron chi connectivity index (χ2n) is 2.25. The predicted octanol–water partition coefficient (Wildman–Crippen LogP) is 0.283. The quantitative estimate of drug-likeness (QED) is 0.167. The maximum Gasteiger partial charge on any atom is 0.314 e. The van der Waals surface area contributed by atoms with E-state index in [2.05, 4.69) is 21.5 Å². The maximum absolute atomic E-state index is 8.25. The van der Waals surface area contributed by atoms with Crippen molar-refractivity contribution in [3.63, 3.8) is 0 Å². The summed E-state index contributed by atoms with van der Waals surface area (Å²) in [7, 11) is 0. The fourth-order valence-electron chi connectivity index (χ4n) is 0.774.